The average Bonchev–Trinajstić information content (AvgIpc) is 4.02. The van der Waals surface area contributed by atoms with Gasteiger partial charge < -0.3 is 10.1 Å². The monoisotopic (exact) mass is 888 g/mol. The van der Waals surface area contributed by atoms with Crippen molar-refractivity contribution in [1.82, 2.24) is 9.88 Å². The zero-order chi connectivity index (χ0) is 45.8. The summed E-state index contributed by atoms with van der Waals surface area (Å²) in [6.45, 7) is 5.11. The highest BCUT2D eigenvalue weighted by Crippen LogP contribution is 2.63. The van der Waals surface area contributed by atoms with E-state index in [2.05, 4.69) is 218 Å². The van der Waals surface area contributed by atoms with E-state index in [0.29, 0.717) is 6.61 Å². The van der Waals surface area contributed by atoms with Crippen LogP contribution in [0.25, 0.3) is 66.3 Å². The van der Waals surface area contributed by atoms with E-state index < -0.39 is 6.17 Å². The lowest BCUT2D eigenvalue weighted by Crippen LogP contribution is -2.43. The molecule has 330 valence electrons. The first-order valence-corrected chi connectivity index (χ1v) is 24.4. The Morgan fingerprint density at radius 2 is 1.13 bits per heavy atom. The van der Waals surface area contributed by atoms with Crippen molar-refractivity contribution in [2.45, 2.75) is 44.9 Å². The van der Waals surface area contributed by atoms with E-state index in [1.807, 2.05) is 6.07 Å². The summed E-state index contributed by atoms with van der Waals surface area (Å²) in [4.78, 5) is 11.2. The normalized spacial score (nSPS) is 16.1. The second-order valence-electron chi connectivity index (χ2n) is 19.0. The number of ether oxygens (including phenoxy) is 1. The van der Waals surface area contributed by atoms with Crippen LogP contribution in [0.2, 0.25) is 0 Å². The van der Waals surface area contributed by atoms with E-state index in [-0.39, 0.29) is 11.3 Å². The van der Waals surface area contributed by atoms with Crippen molar-refractivity contribution < 1.29 is 4.74 Å². The molecule has 4 aliphatic rings. The van der Waals surface area contributed by atoms with Gasteiger partial charge in [-0.2, -0.15) is 0 Å². The number of nitrogens with zero attached hydrogens (tertiary/aromatic N) is 3. The zero-order valence-corrected chi connectivity index (χ0v) is 38.6. The third-order valence-corrected chi connectivity index (χ3v) is 15.7. The van der Waals surface area contributed by atoms with Gasteiger partial charge >= 0.3 is 0 Å². The molecular weight excluding hydrogens is 841 g/mol. The van der Waals surface area contributed by atoms with Crippen LogP contribution in [0, 0.1) is 12.8 Å². The smallest absolute Gasteiger partial charge is 0.211 e. The SMILES string of the molecule is CCC(Cc1ccccc1-c1ccc2c(c1C)-c1ccccc1C21c2ccccc2-c2ccccc21)C1=NC(c2cccc3c2COc2ccccc2-3)N=C(n2c3ccccc3c3ccccc32)N1. The van der Waals surface area contributed by atoms with E-state index in [0.717, 1.165) is 58.1 Å². The number of fused-ring (bicyclic) bond motifs is 16. The van der Waals surface area contributed by atoms with E-state index in [1.165, 1.54) is 83.1 Å². The summed E-state index contributed by atoms with van der Waals surface area (Å²) in [5, 5.41) is 6.29. The van der Waals surface area contributed by atoms with Crippen LogP contribution in [-0.2, 0) is 18.4 Å². The highest BCUT2D eigenvalue weighted by Gasteiger charge is 2.52. The quantitative estimate of drug-likeness (QED) is 0.181. The molecular formula is C64H48N4O. The zero-order valence-electron chi connectivity index (χ0n) is 38.6. The molecule has 5 nitrogen and oxygen atoms in total. The van der Waals surface area contributed by atoms with Crippen molar-refractivity contribution in [2.24, 2.45) is 15.9 Å². The molecule has 1 N–H and O–H groups in total. The Morgan fingerprint density at radius 1 is 0.551 bits per heavy atom. The minimum atomic E-state index is -0.485. The summed E-state index contributed by atoms with van der Waals surface area (Å²) >= 11 is 0. The molecule has 0 saturated carbocycles. The number of hydrogen-bond donors (Lipinski definition) is 1. The van der Waals surface area contributed by atoms with E-state index in [4.69, 9.17) is 14.7 Å². The lowest BCUT2D eigenvalue weighted by Gasteiger charge is -2.31. The first-order chi connectivity index (χ1) is 34.1. The van der Waals surface area contributed by atoms with Crippen LogP contribution < -0.4 is 10.1 Å². The second-order valence-corrected chi connectivity index (χ2v) is 19.0. The summed E-state index contributed by atoms with van der Waals surface area (Å²) in [6.07, 6.45) is 1.20. The third-order valence-electron chi connectivity index (χ3n) is 15.7. The number of nitrogens with one attached hydrogen (secondary N) is 1. The van der Waals surface area contributed by atoms with Crippen molar-refractivity contribution in [1.29, 1.82) is 0 Å². The Balaban J connectivity index is 0.897. The van der Waals surface area contributed by atoms with Gasteiger partial charge in [0.1, 0.15) is 18.2 Å². The molecule has 1 spiro atoms. The molecule has 9 aromatic carbocycles. The molecule has 3 heterocycles. The fourth-order valence-electron chi connectivity index (χ4n) is 12.6. The minimum Gasteiger partial charge on any atom is -0.488 e. The van der Waals surface area contributed by atoms with Gasteiger partial charge in [-0.05, 0) is 110 Å². The maximum atomic E-state index is 6.42. The van der Waals surface area contributed by atoms with E-state index in [1.54, 1.807) is 0 Å². The number of aromatic nitrogens is 1. The highest BCUT2D eigenvalue weighted by molar-refractivity contribution is 6.16. The molecule has 2 atom stereocenters. The van der Waals surface area contributed by atoms with Crippen molar-refractivity contribution in [3.63, 3.8) is 0 Å². The highest BCUT2D eigenvalue weighted by atomic mass is 16.5. The molecule has 2 unspecified atom stereocenters. The fraction of sp³-hybridized carbons (Fsp3) is 0.125. The number of benzene rings is 9. The van der Waals surface area contributed by atoms with Crippen LogP contribution >= 0.6 is 0 Å². The van der Waals surface area contributed by atoms with Crippen molar-refractivity contribution in [3.05, 3.63) is 245 Å². The van der Waals surface area contributed by atoms with Crippen LogP contribution in [0.5, 0.6) is 5.75 Å². The van der Waals surface area contributed by atoms with Gasteiger partial charge in [0.25, 0.3) is 0 Å². The summed E-state index contributed by atoms with van der Waals surface area (Å²) in [6, 6.07) is 73.3. The molecule has 10 aromatic rings. The first-order valence-electron chi connectivity index (χ1n) is 24.4. The van der Waals surface area contributed by atoms with E-state index >= 15 is 0 Å². The Kier molecular flexibility index (Phi) is 8.88. The Bertz CT molecular complexity index is 3730. The Morgan fingerprint density at radius 3 is 1.84 bits per heavy atom. The number of aliphatic imine (C=N–C) groups is 2. The molecule has 2 aliphatic heterocycles. The fourth-order valence-corrected chi connectivity index (χ4v) is 12.6. The van der Waals surface area contributed by atoms with Gasteiger partial charge in [-0.3, -0.25) is 4.57 Å². The van der Waals surface area contributed by atoms with Gasteiger partial charge in [0, 0.05) is 33.4 Å². The largest absolute Gasteiger partial charge is 0.488 e. The molecule has 0 fully saturated rings. The van der Waals surface area contributed by atoms with Gasteiger partial charge in [-0.15, -0.1) is 0 Å². The molecule has 5 heteroatoms. The minimum absolute atomic E-state index is 0.0639. The Labute approximate surface area is 402 Å². The first kappa shape index (κ1) is 39.8. The predicted molar refractivity (Wildman–Crippen MR) is 282 cm³/mol. The van der Waals surface area contributed by atoms with Crippen LogP contribution in [0.3, 0.4) is 0 Å². The molecule has 0 radical (unpaired) electrons. The van der Waals surface area contributed by atoms with Crippen LogP contribution in [0.15, 0.2) is 210 Å². The standard InChI is InChI=1S/C64H48N4O/c1-3-40(37-41-19-4-5-20-43(41)42-35-36-56-60(39(42)2)51-26-8-14-31-55(51)64(56)53-29-12-6-21-45(53)46-22-7-13-30-54(46)64)61-65-62(50-28-18-27-44-49-25-11-17-34-59(49)69-38-52(44)50)67-63(66-61)68-57-32-15-9-23-47(57)48-24-10-16-33-58(48)68/h4-36,40,62H,3,37-38H2,1-2H3,(H,65,66,67). The maximum Gasteiger partial charge on any atom is 0.211 e. The van der Waals surface area contributed by atoms with Crippen LogP contribution in [0.1, 0.15) is 64.0 Å². The average molecular weight is 889 g/mol. The van der Waals surface area contributed by atoms with Crippen molar-refractivity contribution in [2.75, 3.05) is 0 Å². The molecule has 0 saturated heterocycles. The molecule has 14 rings (SSSR count). The number of hydrogen-bond acceptors (Lipinski definition) is 4. The van der Waals surface area contributed by atoms with Gasteiger partial charge in [-0.1, -0.05) is 189 Å². The summed E-state index contributed by atoms with van der Waals surface area (Å²) < 4.78 is 8.72. The van der Waals surface area contributed by atoms with Gasteiger partial charge in [0.15, 0.2) is 6.17 Å². The topological polar surface area (TPSA) is 50.9 Å². The third kappa shape index (κ3) is 5.71. The molecule has 69 heavy (non-hydrogen) atoms. The Hall–Kier alpha value is -8.28. The molecule has 0 bridgehead atoms. The summed E-state index contributed by atoms with van der Waals surface area (Å²) in [5.41, 5.74) is 22.3. The maximum absolute atomic E-state index is 6.42. The van der Waals surface area contributed by atoms with Crippen LogP contribution in [0.4, 0.5) is 0 Å². The number of amidine groups is 1. The molecule has 0 amide bonds. The molecule has 1 aromatic heterocycles. The number of rotatable bonds is 6. The predicted octanol–water partition coefficient (Wildman–Crippen LogP) is 14.8. The van der Waals surface area contributed by atoms with Gasteiger partial charge in [0.05, 0.1) is 16.4 Å². The lowest BCUT2D eigenvalue weighted by atomic mass is 9.70. The molecule has 2 aliphatic carbocycles. The van der Waals surface area contributed by atoms with Crippen molar-refractivity contribution in [3.8, 4) is 50.3 Å². The van der Waals surface area contributed by atoms with Gasteiger partial charge in [-0.25, -0.2) is 9.98 Å². The van der Waals surface area contributed by atoms with E-state index in [9.17, 15) is 0 Å². The summed E-state index contributed by atoms with van der Waals surface area (Å²) in [5.74, 6) is 2.70. The number of para-hydroxylation sites is 3. The second kappa shape index (κ2) is 15.4. The van der Waals surface area contributed by atoms with Crippen LogP contribution in [-0.4, -0.2) is 16.4 Å². The summed E-state index contributed by atoms with van der Waals surface area (Å²) in [7, 11) is 0. The lowest BCUT2D eigenvalue weighted by molar-refractivity contribution is 0.300. The van der Waals surface area contributed by atoms with Gasteiger partial charge in [0.2, 0.25) is 5.96 Å². The van der Waals surface area contributed by atoms with Crippen molar-refractivity contribution >= 4 is 33.6 Å².